The van der Waals surface area contributed by atoms with Crippen LogP contribution in [0.5, 0.6) is 11.5 Å². The van der Waals surface area contributed by atoms with Crippen LogP contribution in [0.25, 0.3) is 6.08 Å². The van der Waals surface area contributed by atoms with Crippen LogP contribution in [0.2, 0.25) is 0 Å². The number of halogens is 2. The molecule has 0 aliphatic rings. The minimum absolute atomic E-state index is 0.0658. The number of unbranched alkanes of at least 4 members (excludes halogenated alkanes) is 1. The second kappa shape index (κ2) is 14.9. The van der Waals surface area contributed by atoms with Crippen molar-refractivity contribution in [2.45, 2.75) is 25.4 Å². The highest BCUT2D eigenvalue weighted by molar-refractivity contribution is 5.91. The van der Waals surface area contributed by atoms with E-state index in [-0.39, 0.29) is 43.1 Å². The molecule has 214 valence electrons. The first-order valence-corrected chi connectivity index (χ1v) is 12.6. The highest BCUT2D eigenvalue weighted by Crippen LogP contribution is 2.32. The molecule has 0 saturated heterocycles. The van der Waals surface area contributed by atoms with Crippen molar-refractivity contribution in [1.29, 1.82) is 5.26 Å². The number of ether oxygens (including phenoxy) is 4. The van der Waals surface area contributed by atoms with Gasteiger partial charge in [-0.1, -0.05) is 12.1 Å². The first-order chi connectivity index (χ1) is 19.7. The molecule has 3 aromatic carbocycles. The summed E-state index contributed by atoms with van der Waals surface area (Å²) in [7, 11) is 0. The average molecular weight is 566 g/mol. The van der Waals surface area contributed by atoms with Gasteiger partial charge in [-0.15, -0.1) is 0 Å². The molecule has 41 heavy (non-hydrogen) atoms. The van der Waals surface area contributed by atoms with E-state index < -0.39 is 18.0 Å². The molecule has 3 aromatic rings. The molecule has 11 heteroatoms. The van der Waals surface area contributed by atoms with Crippen LogP contribution < -0.4 is 20.9 Å². The Hall–Kier alpha value is -5.11. The fraction of sp³-hybridized carbons (Fsp3) is 0.233. The van der Waals surface area contributed by atoms with Gasteiger partial charge in [-0.2, -0.15) is 14.0 Å². The maximum atomic E-state index is 14.6. The lowest BCUT2D eigenvalue weighted by Gasteiger charge is -2.18. The molecule has 0 heterocycles. The molecule has 0 radical (unpaired) electrons. The van der Waals surface area contributed by atoms with Crippen molar-refractivity contribution in [3.8, 4) is 17.6 Å². The Morgan fingerprint density at radius 1 is 0.854 bits per heavy atom. The fourth-order valence-electron chi connectivity index (χ4n) is 3.45. The van der Waals surface area contributed by atoms with Crippen molar-refractivity contribution >= 4 is 29.4 Å². The minimum atomic E-state index is -3.59. The third-order valence-electron chi connectivity index (χ3n) is 5.44. The van der Waals surface area contributed by atoms with Gasteiger partial charge in [0.1, 0.15) is 18.1 Å². The third-order valence-corrected chi connectivity index (χ3v) is 5.44. The summed E-state index contributed by atoms with van der Waals surface area (Å²) in [5.74, 6) is -0.818. The van der Waals surface area contributed by atoms with Crippen LogP contribution in [0.1, 0.15) is 40.7 Å². The van der Waals surface area contributed by atoms with Crippen LogP contribution in [0.15, 0.2) is 72.8 Å². The molecule has 0 aromatic heterocycles. The van der Waals surface area contributed by atoms with Crippen molar-refractivity contribution < 1.29 is 37.3 Å². The van der Waals surface area contributed by atoms with Gasteiger partial charge in [0.15, 0.2) is 0 Å². The van der Waals surface area contributed by atoms with Crippen molar-refractivity contribution in [3.63, 3.8) is 0 Å². The molecular weight excluding hydrogens is 536 g/mol. The van der Waals surface area contributed by atoms with Crippen LogP contribution in [-0.2, 0) is 20.4 Å². The van der Waals surface area contributed by atoms with Crippen LogP contribution >= 0.6 is 0 Å². The molecule has 0 fully saturated rings. The van der Waals surface area contributed by atoms with Crippen molar-refractivity contribution in [2.75, 3.05) is 31.3 Å². The Balaban J connectivity index is 1.37. The van der Waals surface area contributed by atoms with E-state index in [1.165, 1.54) is 78.9 Å². The lowest BCUT2D eigenvalue weighted by Crippen LogP contribution is -2.21. The summed E-state index contributed by atoms with van der Waals surface area (Å²) in [6, 6.07) is 17.3. The number of anilines is 2. The van der Waals surface area contributed by atoms with Crippen LogP contribution in [0, 0.1) is 11.3 Å². The summed E-state index contributed by atoms with van der Waals surface area (Å²) < 4.78 is 49.5. The van der Waals surface area contributed by atoms with Crippen molar-refractivity contribution in [1.82, 2.24) is 0 Å². The lowest BCUT2D eigenvalue weighted by atomic mass is 10.2. The van der Waals surface area contributed by atoms with Gasteiger partial charge < -0.3 is 30.4 Å². The first-order valence-electron chi connectivity index (χ1n) is 12.6. The molecular formula is C30H29F2N3O6. The number of nitriles is 1. The minimum Gasteiger partial charge on any atom is -0.493 e. The molecule has 4 N–H and O–H groups in total. The van der Waals surface area contributed by atoms with Gasteiger partial charge in [-0.05, 0) is 79.1 Å². The van der Waals surface area contributed by atoms with Crippen LogP contribution in [0.3, 0.4) is 0 Å². The number of hydrogen-bond donors (Lipinski definition) is 2. The van der Waals surface area contributed by atoms with E-state index in [1.54, 1.807) is 0 Å². The molecule has 0 amide bonds. The summed E-state index contributed by atoms with van der Waals surface area (Å²) in [6.45, 7) is 0.432. The Kier molecular flexibility index (Phi) is 11.0. The molecule has 0 saturated carbocycles. The van der Waals surface area contributed by atoms with Gasteiger partial charge in [0.2, 0.25) is 0 Å². The second-order valence-corrected chi connectivity index (χ2v) is 8.70. The number of alkyl halides is 2. The van der Waals surface area contributed by atoms with Gasteiger partial charge in [0, 0.05) is 17.5 Å². The number of esters is 2. The summed E-state index contributed by atoms with van der Waals surface area (Å²) in [5.41, 5.74) is 12.5. The first kappa shape index (κ1) is 30.4. The number of nitrogen functional groups attached to an aromatic ring is 2. The predicted molar refractivity (Wildman–Crippen MR) is 148 cm³/mol. The normalized spacial score (nSPS) is 11.0. The van der Waals surface area contributed by atoms with Gasteiger partial charge >= 0.3 is 18.0 Å². The van der Waals surface area contributed by atoms with Crippen LogP contribution in [-0.4, -0.2) is 31.8 Å². The number of benzene rings is 3. The highest BCUT2D eigenvalue weighted by atomic mass is 19.3. The topological polar surface area (TPSA) is 147 Å². The largest absolute Gasteiger partial charge is 0.493 e. The number of carbonyl (C=O) groups excluding carboxylic acids is 2. The zero-order valence-electron chi connectivity index (χ0n) is 22.1. The molecule has 3 rings (SSSR count). The fourth-order valence-corrected chi connectivity index (χ4v) is 3.45. The van der Waals surface area contributed by atoms with Gasteiger partial charge in [-0.25, -0.2) is 9.59 Å². The molecule has 0 atom stereocenters. The van der Waals surface area contributed by atoms with Crippen molar-refractivity contribution in [3.05, 3.63) is 89.5 Å². The Labute approximate surface area is 235 Å². The molecule has 0 unspecified atom stereocenters. The number of nitrogens with two attached hydrogens (primary N) is 2. The van der Waals surface area contributed by atoms with E-state index in [1.807, 2.05) is 6.07 Å². The maximum Gasteiger partial charge on any atom is 0.426 e. The smallest absolute Gasteiger partial charge is 0.426 e. The SMILES string of the molecule is N#CCCOc1ccc(C(F)(F)Oc2ccc(C=CC(=O)OCCCCOC(=O)c3cc(N)cc(N)c3)cc2)cc1. The predicted octanol–water partition coefficient (Wildman–Crippen LogP) is 5.47. The van der Waals surface area contributed by atoms with Gasteiger partial charge in [0.05, 0.1) is 36.8 Å². The Bertz CT molecular complexity index is 1370. The molecule has 0 bridgehead atoms. The monoisotopic (exact) mass is 565 g/mol. The number of hydrogen-bond acceptors (Lipinski definition) is 9. The summed E-state index contributed by atoms with van der Waals surface area (Å²) in [6.07, 6.45) is 0.255. The van der Waals surface area contributed by atoms with Gasteiger partial charge in [0.25, 0.3) is 0 Å². The van der Waals surface area contributed by atoms with E-state index in [2.05, 4.69) is 0 Å². The Morgan fingerprint density at radius 2 is 1.46 bits per heavy atom. The van der Waals surface area contributed by atoms with Crippen LogP contribution in [0.4, 0.5) is 20.2 Å². The van der Waals surface area contributed by atoms with E-state index in [4.69, 9.17) is 35.7 Å². The van der Waals surface area contributed by atoms with E-state index in [0.717, 1.165) is 0 Å². The molecule has 9 nitrogen and oxygen atoms in total. The highest BCUT2D eigenvalue weighted by Gasteiger charge is 2.34. The van der Waals surface area contributed by atoms with E-state index >= 15 is 0 Å². The quantitative estimate of drug-likeness (QED) is 0.112. The van der Waals surface area contributed by atoms with E-state index in [0.29, 0.717) is 35.5 Å². The zero-order chi connectivity index (χ0) is 29.7. The molecule has 0 aliphatic carbocycles. The number of rotatable bonds is 14. The molecule has 0 aliphatic heterocycles. The summed E-state index contributed by atoms with van der Waals surface area (Å²) in [5, 5.41) is 8.52. The van der Waals surface area contributed by atoms with Crippen molar-refractivity contribution in [2.24, 2.45) is 0 Å². The summed E-state index contributed by atoms with van der Waals surface area (Å²) >= 11 is 0. The average Bonchev–Trinajstić information content (AvgIpc) is 2.94. The van der Waals surface area contributed by atoms with Gasteiger partial charge in [-0.3, -0.25) is 0 Å². The number of nitrogens with zero attached hydrogens (tertiary/aromatic N) is 1. The lowest BCUT2D eigenvalue weighted by molar-refractivity contribution is -0.185. The maximum absolute atomic E-state index is 14.6. The number of carbonyl (C=O) groups is 2. The van der Waals surface area contributed by atoms with E-state index in [9.17, 15) is 18.4 Å². The molecule has 0 spiro atoms. The standard InChI is InChI=1S/C30H29F2N3O6/c31-30(32,23-7-11-26(12-8-23)38-17-3-14-33)41-27-9-4-21(5-10-27)6-13-28(36)39-15-1-2-16-40-29(37)22-18-24(34)20-25(35)19-22/h4-13,18-20H,1-3,15-17,34-35H2. The Morgan fingerprint density at radius 3 is 2.10 bits per heavy atom. The summed E-state index contributed by atoms with van der Waals surface area (Å²) in [4.78, 5) is 24.0. The third kappa shape index (κ3) is 10.2. The second-order valence-electron chi connectivity index (χ2n) is 8.70. The zero-order valence-corrected chi connectivity index (χ0v) is 22.1.